The van der Waals surface area contributed by atoms with Crippen LogP contribution in [-0.2, 0) is 0 Å². The molecular formula is C20H15Br2N3O. The van der Waals surface area contributed by atoms with Crippen LogP contribution in [0.4, 0.5) is 5.82 Å². The molecule has 1 heterocycles. The van der Waals surface area contributed by atoms with Crippen LogP contribution >= 0.6 is 31.9 Å². The predicted molar refractivity (Wildman–Crippen MR) is 111 cm³/mol. The number of benzene rings is 2. The number of anilines is 1. The van der Waals surface area contributed by atoms with Crippen molar-refractivity contribution in [1.29, 1.82) is 5.26 Å². The van der Waals surface area contributed by atoms with Crippen LogP contribution in [0.15, 0.2) is 57.5 Å². The van der Waals surface area contributed by atoms with Crippen LogP contribution in [-0.4, -0.2) is 11.6 Å². The smallest absolute Gasteiger partial charge is 0.142 e. The van der Waals surface area contributed by atoms with Crippen LogP contribution < -0.4 is 10.5 Å². The van der Waals surface area contributed by atoms with Crippen LogP contribution in [0.3, 0.4) is 0 Å². The number of nitrogens with two attached hydrogens (primary N) is 1. The van der Waals surface area contributed by atoms with Gasteiger partial charge in [-0.2, -0.15) is 5.26 Å². The van der Waals surface area contributed by atoms with Crippen molar-refractivity contribution in [2.75, 3.05) is 12.3 Å². The van der Waals surface area contributed by atoms with Gasteiger partial charge in [0.1, 0.15) is 23.2 Å². The molecule has 2 aromatic carbocycles. The molecule has 0 bridgehead atoms. The lowest BCUT2D eigenvalue weighted by Gasteiger charge is -2.15. The Morgan fingerprint density at radius 1 is 1.08 bits per heavy atom. The summed E-state index contributed by atoms with van der Waals surface area (Å²) in [5, 5.41) is 9.63. The fraction of sp³-hybridized carbons (Fsp3) is 0.100. The Balaban J connectivity index is 2.30. The second-order valence-electron chi connectivity index (χ2n) is 5.48. The summed E-state index contributed by atoms with van der Waals surface area (Å²) in [6.07, 6.45) is 0. The SMILES string of the molecule is CCOc1ccc(Br)cc1-c1cc(-c2ccccc2Br)nc(N)c1C#N. The third kappa shape index (κ3) is 3.59. The molecule has 3 rings (SSSR count). The first kappa shape index (κ1) is 18.4. The molecule has 0 unspecified atom stereocenters. The van der Waals surface area contributed by atoms with Crippen molar-refractivity contribution >= 4 is 37.7 Å². The van der Waals surface area contributed by atoms with Crippen molar-refractivity contribution in [2.24, 2.45) is 0 Å². The normalized spacial score (nSPS) is 10.4. The first-order valence-electron chi connectivity index (χ1n) is 7.93. The number of hydrogen-bond acceptors (Lipinski definition) is 4. The van der Waals surface area contributed by atoms with Gasteiger partial charge in [-0.25, -0.2) is 4.98 Å². The van der Waals surface area contributed by atoms with Gasteiger partial charge in [-0.15, -0.1) is 0 Å². The van der Waals surface area contributed by atoms with E-state index in [1.807, 2.05) is 55.5 Å². The second-order valence-corrected chi connectivity index (χ2v) is 7.25. The highest BCUT2D eigenvalue weighted by atomic mass is 79.9. The molecule has 4 nitrogen and oxygen atoms in total. The first-order chi connectivity index (χ1) is 12.5. The van der Waals surface area contributed by atoms with Crippen molar-refractivity contribution in [3.63, 3.8) is 0 Å². The number of nitrogens with zero attached hydrogens (tertiary/aromatic N) is 2. The van der Waals surface area contributed by atoms with E-state index in [1.54, 1.807) is 0 Å². The van der Waals surface area contributed by atoms with Gasteiger partial charge in [0.25, 0.3) is 0 Å². The lowest BCUT2D eigenvalue weighted by atomic mass is 9.97. The molecule has 0 saturated heterocycles. The van der Waals surface area contributed by atoms with E-state index >= 15 is 0 Å². The molecule has 0 aliphatic rings. The van der Waals surface area contributed by atoms with E-state index in [1.165, 1.54) is 0 Å². The Morgan fingerprint density at radius 2 is 1.85 bits per heavy atom. The van der Waals surface area contributed by atoms with Crippen molar-refractivity contribution in [2.45, 2.75) is 6.92 Å². The number of hydrogen-bond donors (Lipinski definition) is 1. The molecule has 0 saturated carbocycles. The Kier molecular flexibility index (Phi) is 5.60. The Bertz CT molecular complexity index is 1010. The Hall–Kier alpha value is -2.36. The highest BCUT2D eigenvalue weighted by Crippen LogP contribution is 2.39. The summed E-state index contributed by atoms with van der Waals surface area (Å²) in [5.41, 5.74) is 9.52. The first-order valence-corrected chi connectivity index (χ1v) is 9.52. The summed E-state index contributed by atoms with van der Waals surface area (Å²) in [5.74, 6) is 0.883. The zero-order valence-electron chi connectivity index (χ0n) is 14.0. The minimum atomic E-state index is 0.193. The van der Waals surface area contributed by atoms with E-state index in [0.29, 0.717) is 29.2 Å². The van der Waals surface area contributed by atoms with E-state index < -0.39 is 0 Å². The van der Waals surface area contributed by atoms with Gasteiger partial charge in [-0.3, -0.25) is 0 Å². The van der Waals surface area contributed by atoms with Gasteiger partial charge >= 0.3 is 0 Å². The lowest BCUT2D eigenvalue weighted by molar-refractivity contribution is 0.341. The molecule has 3 aromatic rings. The molecule has 0 atom stereocenters. The fourth-order valence-corrected chi connectivity index (χ4v) is 3.54. The summed E-state index contributed by atoms with van der Waals surface area (Å²) >= 11 is 7.04. The monoisotopic (exact) mass is 471 g/mol. The summed E-state index contributed by atoms with van der Waals surface area (Å²) in [4.78, 5) is 4.43. The van der Waals surface area contributed by atoms with Gasteiger partial charge in [0, 0.05) is 25.6 Å². The number of pyridine rings is 1. The minimum Gasteiger partial charge on any atom is -0.493 e. The highest BCUT2D eigenvalue weighted by molar-refractivity contribution is 9.10. The number of nitrogen functional groups attached to an aromatic ring is 1. The van der Waals surface area contributed by atoms with Crippen LogP contribution in [0.25, 0.3) is 22.4 Å². The van der Waals surface area contributed by atoms with E-state index in [4.69, 9.17) is 10.5 Å². The van der Waals surface area contributed by atoms with Crippen LogP contribution in [0.5, 0.6) is 5.75 Å². The van der Waals surface area contributed by atoms with Crippen LogP contribution in [0.1, 0.15) is 12.5 Å². The molecule has 0 spiro atoms. The van der Waals surface area contributed by atoms with E-state index in [-0.39, 0.29) is 5.82 Å². The van der Waals surface area contributed by atoms with Crippen molar-refractivity contribution in [3.05, 3.63) is 63.0 Å². The van der Waals surface area contributed by atoms with Crippen molar-refractivity contribution < 1.29 is 4.74 Å². The van der Waals surface area contributed by atoms with E-state index in [0.717, 1.165) is 20.1 Å². The molecule has 1 aromatic heterocycles. The van der Waals surface area contributed by atoms with Crippen molar-refractivity contribution in [3.8, 4) is 34.2 Å². The maximum atomic E-state index is 9.63. The summed E-state index contributed by atoms with van der Waals surface area (Å²) in [6, 6.07) is 17.5. The molecule has 0 aliphatic heterocycles. The Labute approximate surface area is 168 Å². The molecule has 0 amide bonds. The largest absolute Gasteiger partial charge is 0.493 e. The Morgan fingerprint density at radius 3 is 2.54 bits per heavy atom. The number of ether oxygens (including phenoxy) is 1. The summed E-state index contributed by atoms with van der Waals surface area (Å²) in [7, 11) is 0. The number of nitriles is 1. The molecule has 130 valence electrons. The van der Waals surface area contributed by atoms with Crippen LogP contribution in [0, 0.1) is 11.3 Å². The average molecular weight is 473 g/mol. The molecule has 2 N–H and O–H groups in total. The molecule has 0 aliphatic carbocycles. The summed E-state index contributed by atoms with van der Waals surface area (Å²) < 4.78 is 7.55. The number of rotatable bonds is 4. The minimum absolute atomic E-state index is 0.193. The highest BCUT2D eigenvalue weighted by Gasteiger charge is 2.18. The molecular weight excluding hydrogens is 458 g/mol. The maximum absolute atomic E-state index is 9.63. The third-order valence-corrected chi connectivity index (χ3v) is 5.03. The quantitative estimate of drug-likeness (QED) is 0.521. The fourth-order valence-electron chi connectivity index (χ4n) is 2.70. The van der Waals surface area contributed by atoms with Gasteiger partial charge in [0.15, 0.2) is 0 Å². The van der Waals surface area contributed by atoms with Crippen molar-refractivity contribution in [1.82, 2.24) is 4.98 Å². The number of aromatic nitrogens is 1. The van der Waals surface area contributed by atoms with E-state index in [2.05, 4.69) is 42.9 Å². The second kappa shape index (κ2) is 7.90. The predicted octanol–water partition coefficient (Wildman–Crippen LogP) is 5.79. The zero-order chi connectivity index (χ0) is 18.7. The zero-order valence-corrected chi connectivity index (χ0v) is 17.1. The maximum Gasteiger partial charge on any atom is 0.142 e. The molecule has 6 heteroatoms. The number of halogens is 2. The average Bonchev–Trinajstić information content (AvgIpc) is 2.63. The molecule has 26 heavy (non-hydrogen) atoms. The van der Waals surface area contributed by atoms with Crippen LogP contribution in [0.2, 0.25) is 0 Å². The van der Waals surface area contributed by atoms with E-state index in [9.17, 15) is 5.26 Å². The van der Waals surface area contributed by atoms with Gasteiger partial charge in [0.2, 0.25) is 0 Å². The third-order valence-electron chi connectivity index (χ3n) is 3.84. The molecule has 0 fully saturated rings. The van der Waals surface area contributed by atoms with Gasteiger partial charge in [-0.05, 0) is 37.3 Å². The standard InChI is InChI=1S/C20H15Br2N3O/c1-2-26-19-8-7-12(21)9-15(19)14-10-18(25-20(24)16(14)11-23)13-5-3-4-6-17(13)22/h3-10H,2H2,1H3,(H2,24,25). The van der Waals surface area contributed by atoms with Gasteiger partial charge < -0.3 is 10.5 Å². The topological polar surface area (TPSA) is 71.9 Å². The lowest BCUT2D eigenvalue weighted by Crippen LogP contribution is -2.01. The summed E-state index contributed by atoms with van der Waals surface area (Å²) in [6.45, 7) is 2.44. The van der Waals surface area contributed by atoms with Gasteiger partial charge in [0.05, 0.1) is 12.3 Å². The molecule has 0 radical (unpaired) electrons. The van der Waals surface area contributed by atoms with Gasteiger partial charge in [-0.1, -0.05) is 50.1 Å².